The van der Waals surface area contributed by atoms with Crippen molar-refractivity contribution in [3.8, 4) is 0 Å². The lowest BCUT2D eigenvalue weighted by Crippen LogP contribution is -2.55. The Hall–Kier alpha value is -4.40. The number of nitrogens with zero attached hydrogens (tertiary/aromatic N) is 2. The van der Waals surface area contributed by atoms with E-state index in [1.807, 2.05) is 49.4 Å². The highest BCUT2D eigenvalue weighted by atomic mass is 35.5. The van der Waals surface area contributed by atoms with Gasteiger partial charge in [-0.3, -0.25) is 14.4 Å². The molecule has 3 amide bonds. The van der Waals surface area contributed by atoms with Crippen LogP contribution in [0.3, 0.4) is 0 Å². The fourth-order valence-corrected chi connectivity index (χ4v) is 5.07. The third-order valence-electron chi connectivity index (χ3n) is 7.53. The molecule has 0 fully saturated rings. The summed E-state index contributed by atoms with van der Waals surface area (Å²) in [5.41, 5.74) is 10.1. The zero-order chi connectivity index (χ0) is 28.4. The van der Waals surface area contributed by atoms with Gasteiger partial charge < -0.3 is 26.2 Å². The second kappa shape index (κ2) is 12.4. The number of para-hydroxylation sites is 2. The van der Waals surface area contributed by atoms with Gasteiger partial charge in [-0.15, -0.1) is 12.4 Å². The molecule has 4 aromatic rings. The maximum absolute atomic E-state index is 14.3. The molecule has 1 aliphatic rings. The number of halogens is 1. The van der Waals surface area contributed by atoms with Gasteiger partial charge in [-0.2, -0.15) is 0 Å². The summed E-state index contributed by atoms with van der Waals surface area (Å²) in [4.78, 5) is 44.4. The predicted molar refractivity (Wildman–Crippen MR) is 167 cm³/mol. The van der Waals surface area contributed by atoms with E-state index in [1.165, 1.54) is 0 Å². The van der Waals surface area contributed by atoms with Gasteiger partial charge in [-0.05, 0) is 79.2 Å². The number of nitrogens with one attached hydrogen (secondary N) is 2. The maximum Gasteiger partial charge on any atom is 0.258 e. The molecule has 0 saturated carbocycles. The summed E-state index contributed by atoms with van der Waals surface area (Å²) in [6.07, 6.45) is 0. The average Bonchev–Trinajstić information content (AvgIpc) is 3.08. The molecular formula is C32H34ClN5O3. The molecule has 2 atom stereocenters. The van der Waals surface area contributed by atoms with Crippen LogP contribution in [0.25, 0.3) is 10.8 Å². The second-order valence-electron chi connectivity index (χ2n) is 10.1. The van der Waals surface area contributed by atoms with Gasteiger partial charge in [0.2, 0.25) is 5.91 Å². The summed E-state index contributed by atoms with van der Waals surface area (Å²) in [5, 5.41) is 7.94. The first-order chi connectivity index (χ1) is 19.3. The average molecular weight is 572 g/mol. The highest BCUT2D eigenvalue weighted by Gasteiger charge is 2.37. The summed E-state index contributed by atoms with van der Waals surface area (Å²) in [5.74, 6) is -0.901. The van der Waals surface area contributed by atoms with E-state index in [2.05, 4.69) is 28.8 Å². The van der Waals surface area contributed by atoms with E-state index in [0.717, 1.165) is 21.9 Å². The molecule has 1 heterocycles. The Morgan fingerprint density at radius 3 is 2.32 bits per heavy atom. The Labute approximate surface area is 245 Å². The van der Waals surface area contributed by atoms with Crippen LogP contribution in [0.5, 0.6) is 0 Å². The number of benzene rings is 4. The molecule has 0 bridgehead atoms. The first kappa shape index (κ1) is 29.6. The quantitative estimate of drug-likeness (QED) is 0.297. The van der Waals surface area contributed by atoms with E-state index in [0.29, 0.717) is 22.6 Å². The molecular weight excluding hydrogens is 538 g/mol. The van der Waals surface area contributed by atoms with Crippen LogP contribution in [0.15, 0.2) is 84.9 Å². The SMILES string of the molecule is CN[C@@H](C)C(=O)N[C@H]1CN(C(=O)c2ccc(N)cc2)c2ccccc2N(Cc2c(C)ccc3ccccc23)C1=O.Cl. The van der Waals surface area contributed by atoms with Gasteiger partial charge in [0.1, 0.15) is 6.04 Å². The van der Waals surface area contributed by atoms with Gasteiger partial charge >= 0.3 is 0 Å². The van der Waals surface area contributed by atoms with Gasteiger partial charge in [0.15, 0.2) is 0 Å². The second-order valence-corrected chi connectivity index (χ2v) is 10.1. The molecule has 4 N–H and O–H groups in total. The van der Waals surface area contributed by atoms with E-state index in [4.69, 9.17) is 5.73 Å². The third-order valence-corrected chi connectivity index (χ3v) is 7.53. The number of aryl methyl sites for hydroxylation is 1. The number of carbonyl (C=O) groups excluding carboxylic acids is 3. The number of hydrogen-bond donors (Lipinski definition) is 3. The molecule has 8 nitrogen and oxygen atoms in total. The normalized spacial score (nSPS) is 15.5. The zero-order valence-corrected chi connectivity index (χ0v) is 24.1. The molecule has 0 unspecified atom stereocenters. The number of anilines is 3. The van der Waals surface area contributed by atoms with Crippen LogP contribution >= 0.6 is 12.4 Å². The Morgan fingerprint density at radius 1 is 0.951 bits per heavy atom. The fourth-order valence-electron chi connectivity index (χ4n) is 5.07. The number of amides is 3. The van der Waals surface area contributed by atoms with Crippen LogP contribution in [-0.4, -0.2) is 43.4 Å². The largest absolute Gasteiger partial charge is 0.399 e. The number of nitrogen functional groups attached to an aromatic ring is 1. The van der Waals surface area contributed by atoms with E-state index in [9.17, 15) is 14.4 Å². The van der Waals surface area contributed by atoms with Gasteiger partial charge in [0, 0.05) is 11.3 Å². The lowest BCUT2D eigenvalue weighted by Gasteiger charge is -2.27. The molecule has 212 valence electrons. The van der Waals surface area contributed by atoms with Crippen LogP contribution in [0.1, 0.15) is 28.4 Å². The molecule has 4 aromatic carbocycles. The predicted octanol–water partition coefficient (Wildman–Crippen LogP) is 4.44. The monoisotopic (exact) mass is 571 g/mol. The molecule has 0 aliphatic carbocycles. The van der Waals surface area contributed by atoms with E-state index >= 15 is 0 Å². The molecule has 0 aromatic heterocycles. The minimum absolute atomic E-state index is 0. The maximum atomic E-state index is 14.3. The van der Waals surface area contributed by atoms with Gasteiger partial charge in [0.05, 0.1) is 30.5 Å². The fraction of sp³-hybridized carbons (Fsp3) is 0.219. The lowest BCUT2D eigenvalue weighted by atomic mass is 9.99. The van der Waals surface area contributed by atoms with Crippen molar-refractivity contribution in [1.29, 1.82) is 0 Å². The summed E-state index contributed by atoms with van der Waals surface area (Å²) in [6.45, 7) is 4.01. The van der Waals surface area contributed by atoms with Crippen molar-refractivity contribution in [2.75, 3.05) is 29.1 Å². The summed E-state index contributed by atoms with van der Waals surface area (Å²) in [6, 6.07) is 24.8. The molecule has 0 spiro atoms. The van der Waals surface area contributed by atoms with Crippen molar-refractivity contribution in [1.82, 2.24) is 10.6 Å². The van der Waals surface area contributed by atoms with Crippen molar-refractivity contribution < 1.29 is 14.4 Å². The van der Waals surface area contributed by atoms with Crippen LogP contribution < -0.4 is 26.2 Å². The Bertz CT molecular complexity index is 1590. The number of fused-ring (bicyclic) bond motifs is 2. The van der Waals surface area contributed by atoms with Gasteiger partial charge in [0.25, 0.3) is 11.8 Å². The molecule has 41 heavy (non-hydrogen) atoms. The zero-order valence-electron chi connectivity index (χ0n) is 23.3. The molecule has 0 saturated heterocycles. The summed E-state index contributed by atoms with van der Waals surface area (Å²) in [7, 11) is 1.68. The van der Waals surface area contributed by atoms with Crippen LogP contribution in [0.2, 0.25) is 0 Å². The van der Waals surface area contributed by atoms with Crippen molar-refractivity contribution >= 4 is 58.0 Å². The standard InChI is InChI=1S/C32H33N5O3.ClH/c1-20-12-13-22-8-4-5-9-25(22)26(20)18-36-28-10-6-7-11-29(28)37(31(39)23-14-16-24(33)17-15-23)19-27(32(36)40)35-30(38)21(2)34-3;/h4-17,21,27,34H,18-19,33H2,1-3H3,(H,35,38);1H/t21-,27-;/m0./s1. The number of hydrogen-bond acceptors (Lipinski definition) is 5. The van der Waals surface area contributed by atoms with Gasteiger partial charge in [-0.25, -0.2) is 0 Å². The van der Waals surface area contributed by atoms with E-state index in [-0.39, 0.29) is 43.2 Å². The summed E-state index contributed by atoms with van der Waals surface area (Å²) >= 11 is 0. The highest BCUT2D eigenvalue weighted by molar-refractivity contribution is 6.13. The van der Waals surface area contributed by atoms with Gasteiger partial charge in [-0.1, -0.05) is 48.5 Å². The van der Waals surface area contributed by atoms with Crippen molar-refractivity contribution in [3.63, 3.8) is 0 Å². The smallest absolute Gasteiger partial charge is 0.258 e. The topological polar surface area (TPSA) is 108 Å². The highest BCUT2D eigenvalue weighted by Crippen LogP contribution is 2.36. The van der Waals surface area contributed by atoms with Crippen molar-refractivity contribution in [2.24, 2.45) is 0 Å². The number of likely N-dealkylation sites (N-methyl/N-ethyl adjacent to an activating group) is 1. The van der Waals surface area contributed by atoms with E-state index < -0.39 is 12.1 Å². The number of nitrogens with two attached hydrogens (primary N) is 1. The molecule has 9 heteroatoms. The third kappa shape index (κ3) is 5.89. The van der Waals surface area contributed by atoms with Crippen molar-refractivity contribution in [3.05, 3.63) is 102 Å². The number of carbonyl (C=O) groups is 3. The Kier molecular flexibility index (Phi) is 8.95. The first-order valence-corrected chi connectivity index (χ1v) is 13.3. The van der Waals surface area contributed by atoms with E-state index in [1.54, 1.807) is 48.0 Å². The lowest BCUT2D eigenvalue weighted by molar-refractivity contribution is -0.128. The van der Waals surface area contributed by atoms with Crippen LogP contribution in [0.4, 0.5) is 17.1 Å². The molecule has 5 rings (SSSR count). The molecule has 0 radical (unpaired) electrons. The van der Waals surface area contributed by atoms with Crippen LogP contribution in [-0.2, 0) is 16.1 Å². The summed E-state index contributed by atoms with van der Waals surface area (Å²) < 4.78 is 0. The minimum atomic E-state index is -0.969. The minimum Gasteiger partial charge on any atom is -0.399 e. The first-order valence-electron chi connectivity index (χ1n) is 13.3. The molecule has 1 aliphatic heterocycles. The Morgan fingerprint density at radius 2 is 1.61 bits per heavy atom. The van der Waals surface area contributed by atoms with Crippen LogP contribution in [0, 0.1) is 6.92 Å². The Balaban J connectivity index is 0.00000387. The van der Waals surface area contributed by atoms with Crippen molar-refractivity contribution in [2.45, 2.75) is 32.5 Å². The number of rotatable bonds is 6.